The Morgan fingerprint density at radius 3 is 2.39 bits per heavy atom. The van der Waals surface area contributed by atoms with E-state index in [2.05, 4.69) is 0 Å². The number of carbonyl (C=O) groups is 1. The lowest BCUT2D eigenvalue weighted by atomic mass is 10.1. The van der Waals surface area contributed by atoms with Crippen molar-refractivity contribution in [2.75, 3.05) is 13.1 Å². The van der Waals surface area contributed by atoms with Crippen LogP contribution in [-0.2, 0) is 17.1 Å². The summed E-state index contributed by atoms with van der Waals surface area (Å²) in [7, 11) is -2.11. The molecular weight excluding hydrogens is 320 g/mol. The number of pyridine rings is 1. The lowest BCUT2D eigenvalue weighted by Crippen LogP contribution is -2.30. The van der Waals surface area contributed by atoms with Crippen molar-refractivity contribution in [1.82, 2.24) is 8.87 Å². The van der Waals surface area contributed by atoms with Crippen molar-refractivity contribution in [3.05, 3.63) is 40.2 Å². The Morgan fingerprint density at radius 2 is 1.87 bits per heavy atom. The second-order valence-corrected chi connectivity index (χ2v) is 6.99. The van der Waals surface area contributed by atoms with Gasteiger partial charge in [0.05, 0.1) is 10.4 Å². The zero-order chi connectivity index (χ0) is 17.4. The average Bonchev–Trinajstić information content (AvgIpc) is 2.51. The minimum Gasteiger partial charge on any atom is -0.477 e. The molecule has 0 unspecified atom stereocenters. The molecule has 0 radical (unpaired) electrons. The minimum atomic E-state index is -3.72. The number of aromatic carboxylic acids is 1. The molecule has 0 aliphatic rings. The Morgan fingerprint density at radius 1 is 1.26 bits per heavy atom. The van der Waals surface area contributed by atoms with Gasteiger partial charge in [0, 0.05) is 31.7 Å². The number of fused-ring (bicyclic) bond motifs is 1. The summed E-state index contributed by atoms with van der Waals surface area (Å²) in [6.45, 7) is 4.07. The molecule has 2 rings (SSSR count). The summed E-state index contributed by atoms with van der Waals surface area (Å²) in [5.74, 6) is -1.34. The fourth-order valence-corrected chi connectivity index (χ4v) is 3.98. The molecule has 23 heavy (non-hydrogen) atoms. The van der Waals surface area contributed by atoms with Gasteiger partial charge in [-0.25, -0.2) is 13.2 Å². The Kier molecular flexibility index (Phi) is 4.58. The normalized spacial score (nSPS) is 12.0. The number of aromatic nitrogens is 1. The van der Waals surface area contributed by atoms with E-state index in [4.69, 9.17) is 5.11 Å². The molecule has 0 aliphatic carbocycles. The van der Waals surface area contributed by atoms with Crippen LogP contribution in [0.25, 0.3) is 10.9 Å². The average molecular weight is 338 g/mol. The number of sulfonamides is 1. The van der Waals surface area contributed by atoms with Crippen molar-refractivity contribution in [2.24, 2.45) is 7.05 Å². The summed E-state index contributed by atoms with van der Waals surface area (Å²) < 4.78 is 27.9. The van der Waals surface area contributed by atoms with Gasteiger partial charge in [-0.2, -0.15) is 4.31 Å². The maximum Gasteiger partial charge on any atom is 0.341 e. The molecule has 1 aromatic carbocycles. The quantitative estimate of drug-likeness (QED) is 0.885. The van der Waals surface area contributed by atoms with Crippen LogP contribution in [0.3, 0.4) is 0 Å². The molecule has 0 spiro atoms. The van der Waals surface area contributed by atoms with E-state index >= 15 is 0 Å². The molecule has 0 saturated carbocycles. The summed E-state index contributed by atoms with van der Waals surface area (Å²) in [6, 6.07) is 4.19. The number of hydrogen-bond acceptors (Lipinski definition) is 4. The first kappa shape index (κ1) is 17.2. The van der Waals surface area contributed by atoms with E-state index in [0.717, 1.165) is 0 Å². The highest BCUT2D eigenvalue weighted by atomic mass is 32.2. The number of nitrogens with zero attached hydrogens (tertiary/aromatic N) is 2. The van der Waals surface area contributed by atoms with Gasteiger partial charge in [-0.05, 0) is 18.2 Å². The Bertz CT molecular complexity index is 927. The second kappa shape index (κ2) is 6.13. The van der Waals surface area contributed by atoms with Crippen molar-refractivity contribution in [2.45, 2.75) is 18.7 Å². The zero-order valence-corrected chi connectivity index (χ0v) is 13.9. The smallest absolute Gasteiger partial charge is 0.341 e. The van der Waals surface area contributed by atoms with Gasteiger partial charge in [0.25, 0.3) is 0 Å². The maximum absolute atomic E-state index is 12.6. The molecule has 0 bridgehead atoms. The number of benzene rings is 1. The molecule has 2 aromatic rings. The van der Waals surface area contributed by atoms with Crippen molar-refractivity contribution < 1.29 is 18.3 Å². The maximum atomic E-state index is 12.6. The van der Waals surface area contributed by atoms with E-state index in [-0.39, 0.29) is 10.3 Å². The monoisotopic (exact) mass is 338 g/mol. The summed E-state index contributed by atoms with van der Waals surface area (Å²) >= 11 is 0. The molecule has 0 aliphatic heterocycles. The van der Waals surface area contributed by atoms with Gasteiger partial charge in [0.15, 0.2) is 0 Å². The summed E-state index contributed by atoms with van der Waals surface area (Å²) in [6.07, 6.45) is 1.23. The first-order chi connectivity index (χ1) is 10.7. The number of carboxylic acid groups (broad SMARTS) is 1. The van der Waals surface area contributed by atoms with E-state index in [9.17, 15) is 18.0 Å². The van der Waals surface area contributed by atoms with Gasteiger partial charge >= 0.3 is 5.97 Å². The van der Waals surface area contributed by atoms with Gasteiger partial charge in [0.1, 0.15) is 5.56 Å². The van der Waals surface area contributed by atoms with Crippen LogP contribution in [0.1, 0.15) is 24.2 Å². The van der Waals surface area contributed by atoms with Crippen molar-refractivity contribution >= 4 is 26.9 Å². The van der Waals surface area contributed by atoms with E-state index in [0.29, 0.717) is 18.6 Å². The largest absolute Gasteiger partial charge is 0.477 e. The van der Waals surface area contributed by atoms with Crippen LogP contribution in [-0.4, -0.2) is 41.5 Å². The van der Waals surface area contributed by atoms with Gasteiger partial charge in [-0.15, -0.1) is 0 Å². The minimum absolute atomic E-state index is 0.0201. The third-order valence-electron chi connectivity index (χ3n) is 3.73. The Labute approximate surface area is 133 Å². The summed E-state index contributed by atoms with van der Waals surface area (Å²) in [5, 5.41) is 9.17. The molecular formula is C15H18N2O5S. The molecule has 0 amide bonds. The first-order valence-electron chi connectivity index (χ1n) is 7.10. The molecule has 8 heteroatoms. The molecule has 7 nitrogen and oxygen atoms in total. The van der Waals surface area contributed by atoms with E-state index in [1.165, 1.54) is 33.3 Å². The molecule has 0 fully saturated rings. The summed E-state index contributed by atoms with van der Waals surface area (Å²) in [5.41, 5.74) is -0.613. The molecule has 1 N–H and O–H groups in total. The van der Waals surface area contributed by atoms with Crippen LogP contribution in [0, 0.1) is 0 Å². The summed E-state index contributed by atoms with van der Waals surface area (Å²) in [4.78, 5) is 23.4. The van der Waals surface area contributed by atoms with Crippen LogP contribution in [0.5, 0.6) is 0 Å². The SMILES string of the molecule is CCN(CC)S(=O)(=O)c1ccc2c(c1)c(=O)c(C(=O)O)cn2C. The lowest BCUT2D eigenvalue weighted by Gasteiger charge is -2.19. The number of hydrogen-bond donors (Lipinski definition) is 1. The second-order valence-electron chi connectivity index (χ2n) is 5.06. The van der Waals surface area contributed by atoms with E-state index in [1.807, 2.05) is 0 Å². The standard InChI is InChI=1S/C15H18N2O5S/c1-4-17(5-2)23(21,22)10-6-7-13-11(8-10)14(18)12(15(19)20)9-16(13)3/h6-9H,4-5H2,1-3H3,(H,19,20). The number of aryl methyl sites for hydroxylation is 1. The van der Waals surface area contributed by atoms with Crippen LogP contribution in [0.2, 0.25) is 0 Å². The zero-order valence-electron chi connectivity index (χ0n) is 13.1. The highest BCUT2D eigenvalue weighted by molar-refractivity contribution is 7.89. The van der Waals surface area contributed by atoms with Gasteiger partial charge < -0.3 is 9.67 Å². The van der Waals surface area contributed by atoms with Crippen LogP contribution >= 0.6 is 0 Å². The van der Waals surface area contributed by atoms with E-state index < -0.39 is 27.0 Å². The van der Waals surface area contributed by atoms with Crippen LogP contribution in [0.15, 0.2) is 34.1 Å². The molecule has 124 valence electrons. The predicted molar refractivity (Wildman–Crippen MR) is 86.3 cm³/mol. The van der Waals surface area contributed by atoms with E-state index in [1.54, 1.807) is 20.9 Å². The van der Waals surface area contributed by atoms with Gasteiger partial charge in [-0.1, -0.05) is 13.8 Å². The molecule has 1 aromatic heterocycles. The molecule has 0 atom stereocenters. The lowest BCUT2D eigenvalue weighted by molar-refractivity contribution is 0.0695. The Balaban J connectivity index is 2.79. The van der Waals surface area contributed by atoms with Crippen molar-refractivity contribution in [3.8, 4) is 0 Å². The fraction of sp³-hybridized carbons (Fsp3) is 0.333. The number of carboxylic acids is 1. The van der Waals surface area contributed by atoms with Crippen LogP contribution in [0.4, 0.5) is 0 Å². The Hall–Kier alpha value is -2.19. The van der Waals surface area contributed by atoms with Crippen LogP contribution < -0.4 is 5.43 Å². The molecule has 1 heterocycles. The topological polar surface area (TPSA) is 96.7 Å². The highest BCUT2D eigenvalue weighted by Crippen LogP contribution is 2.20. The van der Waals surface area contributed by atoms with Gasteiger partial charge in [-0.3, -0.25) is 4.79 Å². The van der Waals surface area contributed by atoms with Crippen molar-refractivity contribution in [1.29, 1.82) is 0 Å². The third kappa shape index (κ3) is 2.87. The van der Waals surface area contributed by atoms with Gasteiger partial charge in [0.2, 0.25) is 15.5 Å². The first-order valence-corrected chi connectivity index (χ1v) is 8.54. The van der Waals surface area contributed by atoms with Crippen molar-refractivity contribution in [3.63, 3.8) is 0 Å². The highest BCUT2D eigenvalue weighted by Gasteiger charge is 2.23. The fourth-order valence-electron chi connectivity index (χ4n) is 2.50. The molecule has 0 saturated heterocycles. The number of rotatable bonds is 5. The third-order valence-corrected chi connectivity index (χ3v) is 5.78. The predicted octanol–water partition coefficient (Wildman–Crippen LogP) is 1.27.